The van der Waals surface area contributed by atoms with Crippen LogP contribution in [0.5, 0.6) is 0 Å². The Bertz CT molecular complexity index is 443. The maximum atomic E-state index is 11.3. The predicted octanol–water partition coefficient (Wildman–Crippen LogP) is 2.23. The fourth-order valence-electron chi connectivity index (χ4n) is 1.07. The van der Waals surface area contributed by atoms with Crippen LogP contribution in [0.1, 0.15) is 15.9 Å². The SMILES string of the molecule is COCC#Cc1cc(C(=O)OC)ccc1Br. The highest BCUT2D eigenvalue weighted by atomic mass is 79.9. The smallest absolute Gasteiger partial charge is 0.337 e. The summed E-state index contributed by atoms with van der Waals surface area (Å²) in [5.74, 6) is 5.35. The first-order chi connectivity index (χ1) is 7.69. The second-order valence-electron chi connectivity index (χ2n) is 2.92. The molecule has 1 aromatic carbocycles. The van der Waals surface area contributed by atoms with E-state index in [2.05, 4.69) is 32.5 Å². The van der Waals surface area contributed by atoms with Crippen molar-refractivity contribution in [3.05, 3.63) is 33.8 Å². The molecule has 0 spiro atoms. The molecule has 0 unspecified atom stereocenters. The Morgan fingerprint density at radius 1 is 1.44 bits per heavy atom. The monoisotopic (exact) mass is 282 g/mol. The number of rotatable bonds is 2. The van der Waals surface area contributed by atoms with Gasteiger partial charge in [0.1, 0.15) is 6.61 Å². The summed E-state index contributed by atoms with van der Waals surface area (Å²) in [4.78, 5) is 11.3. The number of hydrogen-bond donors (Lipinski definition) is 0. The largest absolute Gasteiger partial charge is 0.465 e. The zero-order valence-electron chi connectivity index (χ0n) is 9.04. The third-order valence-corrected chi connectivity index (χ3v) is 2.52. The minimum absolute atomic E-state index is 0.356. The number of carbonyl (C=O) groups is 1. The van der Waals surface area contributed by atoms with Gasteiger partial charge in [0.15, 0.2) is 0 Å². The van der Waals surface area contributed by atoms with Gasteiger partial charge in [-0.3, -0.25) is 0 Å². The Kier molecular flexibility index (Phi) is 5.03. The van der Waals surface area contributed by atoms with E-state index in [9.17, 15) is 4.79 Å². The molecule has 0 saturated carbocycles. The van der Waals surface area contributed by atoms with Gasteiger partial charge in [-0.15, -0.1) is 0 Å². The molecule has 0 bridgehead atoms. The first kappa shape index (κ1) is 12.8. The van der Waals surface area contributed by atoms with E-state index in [1.165, 1.54) is 7.11 Å². The highest BCUT2D eigenvalue weighted by Crippen LogP contribution is 2.17. The molecule has 0 atom stereocenters. The first-order valence-corrected chi connectivity index (χ1v) is 5.34. The summed E-state index contributed by atoms with van der Waals surface area (Å²) < 4.78 is 10.3. The van der Waals surface area contributed by atoms with E-state index in [1.807, 2.05) is 0 Å². The van der Waals surface area contributed by atoms with Crippen LogP contribution in [0.25, 0.3) is 0 Å². The quantitative estimate of drug-likeness (QED) is 0.617. The van der Waals surface area contributed by atoms with Crippen molar-refractivity contribution in [1.29, 1.82) is 0 Å². The molecule has 0 saturated heterocycles. The lowest BCUT2D eigenvalue weighted by atomic mass is 10.1. The van der Waals surface area contributed by atoms with Gasteiger partial charge < -0.3 is 9.47 Å². The van der Waals surface area contributed by atoms with Crippen molar-refractivity contribution in [1.82, 2.24) is 0 Å². The molecule has 4 heteroatoms. The summed E-state index contributed by atoms with van der Waals surface area (Å²) >= 11 is 3.36. The van der Waals surface area contributed by atoms with E-state index in [0.29, 0.717) is 12.2 Å². The molecular weight excluding hydrogens is 272 g/mol. The molecule has 0 radical (unpaired) electrons. The average Bonchev–Trinajstić information content (AvgIpc) is 2.31. The fraction of sp³-hybridized carbons (Fsp3) is 0.250. The topological polar surface area (TPSA) is 35.5 Å². The van der Waals surface area contributed by atoms with Gasteiger partial charge in [0.25, 0.3) is 0 Å². The van der Waals surface area contributed by atoms with Gasteiger partial charge in [-0.2, -0.15) is 0 Å². The lowest BCUT2D eigenvalue weighted by Gasteiger charge is -2.01. The zero-order valence-corrected chi connectivity index (χ0v) is 10.6. The van der Waals surface area contributed by atoms with Crippen LogP contribution in [0, 0.1) is 11.8 Å². The van der Waals surface area contributed by atoms with Crippen LogP contribution in [0.3, 0.4) is 0 Å². The van der Waals surface area contributed by atoms with E-state index in [4.69, 9.17) is 4.74 Å². The number of methoxy groups -OCH3 is 2. The van der Waals surface area contributed by atoms with E-state index < -0.39 is 0 Å². The molecule has 0 N–H and O–H groups in total. The highest BCUT2D eigenvalue weighted by molar-refractivity contribution is 9.10. The summed E-state index contributed by atoms with van der Waals surface area (Å²) in [7, 11) is 2.93. The second-order valence-corrected chi connectivity index (χ2v) is 3.78. The third-order valence-electron chi connectivity index (χ3n) is 1.83. The van der Waals surface area contributed by atoms with Gasteiger partial charge >= 0.3 is 5.97 Å². The molecule has 0 aromatic heterocycles. The van der Waals surface area contributed by atoms with Gasteiger partial charge in [0.05, 0.1) is 12.7 Å². The molecule has 84 valence electrons. The standard InChI is InChI=1S/C12H11BrO3/c1-15-7-3-4-9-8-10(12(14)16-2)5-6-11(9)13/h5-6,8H,7H2,1-2H3. The van der Waals surface area contributed by atoms with Crippen molar-refractivity contribution in [3.8, 4) is 11.8 Å². The third kappa shape index (κ3) is 3.37. The Morgan fingerprint density at radius 2 is 2.19 bits per heavy atom. The number of halogens is 1. The van der Waals surface area contributed by atoms with Crippen molar-refractivity contribution in [3.63, 3.8) is 0 Å². The molecule has 3 nitrogen and oxygen atoms in total. The summed E-state index contributed by atoms with van der Waals surface area (Å²) in [6.07, 6.45) is 0. The summed E-state index contributed by atoms with van der Waals surface area (Å²) in [5.41, 5.74) is 1.22. The van der Waals surface area contributed by atoms with Crippen LogP contribution in [0.4, 0.5) is 0 Å². The Morgan fingerprint density at radius 3 is 2.81 bits per heavy atom. The number of esters is 1. The van der Waals surface area contributed by atoms with E-state index in [-0.39, 0.29) is 5.97 Å². The Balaban J connectivity index is 3.01. The van der Waals surface area contributed by atoms with E-state index >= 15 is 0 Å². The maximum Gasteiger partial charge on any atom is 0.337 e. The second kappa shape index (κ2) is 6.31. The Labute approximate surface area is 103 Å². The van der Waals surface area contributed by atoms with Crippen LogP contribution in [-0.2, 0) is 9.47 Å². The number of ether oxygens (including phenoxy) is 2. The van der Waals surface area contributed by atoms with Gasteiger partial charge in [-0.1, -0.05) is 11.8 Å². The summed E-state index contributed by atoms with van der Waals surface area (Å²) in [6, 6.07) is 5.12. The van der Waals surface area contributed by atoms with E-state index in [1.54, 1.807) is 25.3 Å². The molecule has 0 aliphatic rings. The lowest BCUT2D eigenvalue weighted by molar-refractivity contribution is 0.0600. The molecule has 1 rings (SSSR count). The lowest BCUT2D eigenvalue weighted by Crippen LogP contribution is -2.01. The molecule has 0 amide bonds. The van der Waals surface area contributed by atoms with Gasteiger partial charge in [-0.05, 0) is 34.1 Å². The molecule has 16 heavy (non-hydrogen) atoms. The van der Waals surface area contributed by atoms with Crippen molar-refractivity contribution in [2.75, 3.05) is 20.8 Å². The zero-order chi connectivity index (χ0) is 12.0. The predicted molar refractivity (Wildman–Crippen MR) is 64.2 cm³/mol. The van der Waals surface area contributed by atoms with Crippen LogP contribution in [-0.4, -0.2) is 26.8 Å². The molecule has 0 aliphatic heterocycles. The highest BCUT2D eigenvalue weighted by Gasteiger charge is 2.07. The number of hydrogen-bond acceptors (Lipinski definition) is 3. The van der Waals surface area contributed by atoms with Crippen molar-refractivity contribution < 1.29 is 14.3 Å². The molecule has 0 fully saturated rings. The van der Waals surface area contributed by atoms with Crippen LogP contribution >= 0.6 is 15.9 Å². The van der Waals surface area contributed by atoms with Gasteiger partial charge in [0, 0.05) is 17.1 Å². The Hall–Kier alpha value is -1.31. The van der Waals surface area contributed by atoms with E-state index in [0.717, 1.165) is 10.0 Å². The summed E-state index contributed by atoms with van der Waals surface area (Å²) in [6.45, 7) is 0.356. The van der Waals surface area contributed by atoms with Crippen LogP contribution < -0.4 is 0 Å². The normalized spacial score (nSPS) is 9.19. The number of carbonyl (C=O) groups excluding carboxylic acids is 1. The average molecular weight is 283 g/mol. The molecule has 0 aliphatic carbocycles. The van der Waals surface area contributed by atoms with Crippen LogP contribution in [0.2, 0.25) is 0 Å². The van der Waals surface area contributed by atoms with Crippen molar-refractivity contribution in [2.24, 2.45) is 0 Å². The molecular formula is C12H11BrO3. The fourth-order valence-corrected chi connectivity index (χ4v) is 1.42. The van der Waals surface area contributed by atoms with Gasteiger partial charge in [-0.25, -0.2) is 4.79 Å². The van der Waals surface area contributed by atoms with Gasteiger partial charge in [0.2, 0.25) is 0 Å². The van der Waals surface area contributed by atoms with Crippen molar-refractivity contribution >= 4 is 21.9 Å². The minimum Gasteiger partial charge on any atom is -0.465 e. The number of benzene rings is 1. The molecule has 1 aromatic rings. The molecule has 0 heterocycles. The maximum absolute atomic E-state index is 11.3. The van der Waals surface area contributed by atoms with Crippen molar-refractivity contribution in [2.45, 2.75) is 0 Å². The first-order valence-electron chi connectivity index (χ1n) is 4.54. The van der Waals surface area contributed by atoms with Crippen LogP contribution in [0.15, 0.2) is 22.7 Å². The minimum atomic E-state index is -0.373. The summed E-state index contributed by atoms with van der Waals surface area (Å²) in [5, 5.41) is 0.